The Morgan fingerprint density at radius 2 is 1.85 bits per heavy atom. The molecule has 2 aliphatic carbocycles. The molecule has 1 aromatic carbocycles. The lowest BCUT2D eigenvalue weighted by molar-refractivity contribution is -0.148. The van der Waals surface area contributed by atoms with Gasteiger partial charge in [-0.1, -0.05) is 25.0 Å². The quantitative estimate of drug-likeness (QED) is 0.101. The summed E-state index contributed by atoms with van der Waals surface area (Å²) in [5.41, 5.74) is 8.03. The van der Waals surface area contributed by atoms with Crippen LogP contribution in [0, 0.1) is 5.92 Å². The minimum Gasteiger partial charge on any atom is -0.497 e. The highest BCUT2D eigenvalue weighted by molar-refractivity contribution is 6.33. The predicted octanol–water partition coefficient (Wildman–Crippen LogP) is 3.68. The molecule has 0 bridgehead atoms. The van der Waals surface area contributed by atoms with Gasteiger partial charge in [-0.25, -0.2) is 14.6 Å². The number of methoxy groups -OCH3 is 2. The van der Waals surface area contributed by atoms with E-state index in [9.17, 15) is 24.0 Å². The first kappa shape index (κ1) is 36.5. The van der Waals surface area contributed by atoms with Crippen molar-refractivity contribution in [1.82, 2.24) is 20.5 Å². The Kier molecular flexibility index (Phi) is 11.2. The number of pyridine rings is 1. The number of nitrogens with zero attached hydrogens (tertiary/aromatic N) is 4. The third-order valence-electron chi connectivity index (χ3n) is 10.4. The van der Waals surface area contributed by atoms with Gasteiger partial charge in [0.05, 0.1) is 26.3 Å². The molecule has 52 heavy (non-hydrogen) atoms. The van der Waals surface area contributed by atoms with Crippen LogP contribution in [0.4, 0.5) is 4.79 Å². The number of allylic oxidation sites excluding steroid dienone is 1. The number of benzene rings is 1. The predicted molar refractivity (Wildman–Crippen MR) is 186 cm³/mol. The number of hydrogen-bond donors (Lipinski definition) is 2. The van der Waals surface area contributed by atoms with Crippen LogP contribution in [0.3, 0.4) is 0 Å². The molecule has 3 heterocycles. The molecule has 1 saturated heterocycles. The maximum Gasteiger partial charge on any atom is 0.408 e. The fourth-order valence-electron chi connectivity index (χ4n) is 7.47. The van der Waals surface area contributed by atoms with E-state index < -0.39 is 53.4 Å². The number of ether oxygens (including phenoxy) is 4. The Balaban J connectivity index is 1.32. The molecule has 0 radical (unpaired) electrons. The normalized spacial score (nSPS) is 27.1. The van der Waals surface area contributed by atoms with Crippen molar-refractivity contribution in [3.63, 3.8) is 0 Å². The van der Waals surface area contributed by atoms with E-state index in [4.69, 9.17) is 24.5 Å². The van der Waals surface area contributed by atoms with Crippen LogP contribution in [0.25, 0.3) is 16.4 Å². The van der Waals surface area contributed by atoms with E-state index >= 15 is 0 Å². The number of rotatable bonds is 8. The van der Waals surface area contributed by atoms with Gasteiger partial charge in [-0.3, -0.25) is 14.4 Å². The largest absolute Gasteiger partial charge is 0.497 e. The maximum atomic E-state index is 14.5. The Morgan fingerprint density at radius 1 is 1.06 bits per heavy atom. The number of hydrogen-bond acceptors (Lipinski definition) is 10. The monoisotopic (exact) mass is 716 g/mol. The van der Waals surface area contributed by atoms with Crippen LogP contribution >= 0.6 is 0 Å². The van der Waals surface area contributed by atoms with Gasteiger partial charge in [0, 0.05) is 29.9 Å². The SMILES string of the molecule is COC(=O)[C@@]12C[C@H]1/C=C\CCCCC[C@H](NC(=O)OC1CCCC1)C(=O)N1C[C@H](Oc3cc(C(=O)C=[N+]=[N-])nc4cc(OC)ccc34)C[C@H]1C(=O)N2. The number of esters is 1. The molecule has 2 N–H and O–H groups in total. The van der Waals surface area contributed by atoms with Crippen molar-refractivity contribution in [3.8, 4) is 11.5 Å². The number of carbonyl (C=O) groups is 5. The first-order chi connectivity index (χ1) is 25.1. The van der Waals surface area contributed by atoms with E-state index in [0.29, 0.717) is 35.9 Å². The zero-order chi connectivity index (χ0) is 36.8. The zero-order valence-corrected chi connectivity index (χ0v) is 29.4. The van der Waals surface area contributed by atoms with Crippen molar-refractivity contribution in [2.75, 3.05) is 20.8 Å². The van der Waals surface area contributed by atoms with Crippen molar-refractivity contribution in [2.45, 2.75) is 100 Å². The van der Waals surface area contributed by atoms with Crippen molar-refractivity contribution in [3.05, 3.63) is 47.6 Å². The van der Waals surface area contributed by atoms with Crippen LogP contribution in [0.2, 0.25) is 0 Å². The first-order valence-electron chi connectivity index (χ1n) is 17.9. The second kappa shape index (κ2) is 15.9. The van der Waals surface area contributed by atoms with Crippen molar-refractivity contribution in [1.29, 1.82) is 0 Å². The molecule has 1 aromatic heterocycles. The molecule has 2 aliphatic heterocycles. The molecular weight excluding hydrogens is 672 g/mol. The lowest BCUT2D eigenvalue weighted by Crippen LogP contribution is -2.56. The van der Waals surface area contributed by atoms with Gasteiger partial charge in [-0.15, -0.1) is 0 Å². The van der Waals surface area contributed by atoms with Gasteiger partial charge >= 0.3 is 18.3 Å². The maximum absolute atomic E-state index is 14.5. The van der Waals surface area contributed by atoms with Gasteiger partial charge in [0.1, 0.15) is 47.0 Å². The topological polar surface area (TPSA) is 199 Å². The molecule has 0 unspecified atom stereocenters. The summed E-state index contributed by atoms with van der Waals surface area (Å²) in [4.78, 5) is 76.1. The smallest absolute Gasteiger partial charge is 0.408 e. The van der Waals surface area contributed by atoms with Crippen molar-refractivity contribution in [2.24, 2.45) is 5.92 Å². The molecule has 3 fully saturated rings. The summed E-state index contributed by atoms with van der Waals surface area (Å²) in [5.74, 6) is -1.80. The van der Waals surface area contributed by atoms with Crippen molar-refractivity contribution >= 4 is 46.8 Å². The lowest BCUT2D eigenvalue weighted by atomic mass is 10.0. The molecule has 4 aliphatic rings. The second-order valence-electron chi connectivity index (χ2n) is 13.8. The molecule has 3 amide bonds. The Bertz CT molecular complexity index is 1800. The molecule has 276 valence electrons. The van der Waals surface area contributed by atoms with Gasteiger partial charge in [-0.2, -0.15) is 4.79 Å². The summed E-state index contributed by atoms with van der Waals surface area (Å²) in [6.07, 6.45) is 10.3. The lowest BCUT2D eigenvalue weighted by Gasteiger charge is -2.29. The van der Waals surface area contributed by atoms with Gasteiger partial charge in [0.15, 0.2) is 0 Å². The van der Waals surface area contributed by atoms with E-state index in [2.05, 4.69) is 20.4 Å². The molecule has 5 atom stereocenters. The summed E-state index contributed by atoms with van der Waals surface area (Å²) in [6, 6.07) is 4.42. The van der Waals surface area contributed by atoms with Gasteiger partial charge < -0.3 is 40.0 Å². The highest BCUT2D eigenvalue weighted by Crippen LogP contribution is 2.46. The van der Waals surface area contributed by atoms with Crippen LogP contribution in [-0.4, -0.2) is 101 Å². The molecule has 15 heteroatoms. The van der Waals surface area contributed by atoms with Crippen LogP contribution in [0.1, 0.15) is 81.1 Å². The van der Waals surface area contributed by atoms with Gasteiger partial charge in [0.25, 0.3) is 5.78 Å². The summed E-state index contributed by atoms with van der Waals surface area (Å²) in [6.45, 7) is -0.0390. The van der Waals surface area contributed by atoms with E-state index in [1.54, 1.807) is 18.2 Å². The molecule has 0 spiro atoms. The second-order valence-corrected chi connectivity index (χ2v) is 13.8. The Morgan fingerprint density at radius 3 is 2.60 bits per heavy atom. The summed E-state index contributed by atoms with van der Waals surface area (Å²) >= 11 is 0. The standard InChI is InChI=1S/C37H44N6O9/c1-49-24-14-15-26-28(16-24)40-29(31(44)20-39-38)18-32(26)51-25-17-30-33(45)42-37(35(47)50-2)19-22(37)10-6-4-3-5-7-13-27(34(46)43(30)21-25)41-36(48)52-23-11-8-9-12-23/h6,10,14-16,18,20,22-23,25,27,30H,3-5,7-9,11-13,17,19,21H2,1-2H3,(H,41,48)(H,42,45)/b10-6-/t22-,25-,27+,30+,37-/m1/s1. The number of carbonyl (C=O) groups excluding carboxylic acids is 5. The zero-order valence-electron chi connectivity index (χ0n) is 29.4. The van der Waals surface area contributed by atoms with Crippen LogP contribution < -0.4 is 20.1 Å². The number of ketones is 1. The highest BCUT2D eigenvalue weighted by Gasteiger charge is 2.62. The minimum atomic E-state index is -1.26. The van der Waals surface area contributed by atoms with E-state index in [0.717, 1.165) is 51.2 Å². The first-order valence-corrected chi connectivity index (χ1v) is 17.9. The number of nitrogens with one attached hydrogen (secondary N) is 2. The average molecular weight is 717 g/mol. The third kappa shape index (κ3) is 7.94. The number of aromatic nitrogens is 1. The fraction of sp³-hybridized carbons (Fsp3) is 0.541. The summed E-state index contributed by atoms with van der Waals surface area (Å²) < 4.78 is 22.6. The third-order valence-corrected chi connectivity index (χ3v) is 10.4. The molecule has 2 saturated carbocycles. The van der Waals surface area contributed by atoms with E-state index in [-0.39, 0.29) is 36.4 Å². The van der Waals surface area contributed by atoms with Crippen LogP contribution in [0.5, 0.6) is 11.5 Å². The van der Waals surface area contributed by atoms with Gasteiger partial charge in [-0.05, 0) is 63.5 Å². The number of Topliss-reactive ketones (excluding diaryl/α,β-unsaturated/α-hetero) is 1. The molecule has 15 nitrogen and oxygen atoms in total. The summed E-state index contributed by atoms with van der Waals surface area (Å²) in [7, 11) is 2.77. The van der Waals surface area contributed by atoms with Gasteiger partial charge in [0.2, 0.25) is 11.8 Å². The molecule has 2 aromatic rings. The Labute approximate surface area is 301 Å². The van der Waals surface area contributed by atoms with E-state index in [1.807, 2.05) is 12.2 Å². The average Bonchev–Trinajstić information content (AvgIpc) is 3.42. The Hall–Kier alpha value is -5.30. The van der Waals surface area contributed by atoms with E-state index in [1.165, 1.54) is 25.2 Å². The van der Waals surface area contributed by atoms with Crippen LogP contribution in [-0.2, 0) is 23.9 Å². The number of fused-ring (bicyclic) bond motifs is 3. The van der Waals surface area contributed by atoms with Crippen LogP contribution in [0.15, 0.2) is 36.4 Å². The molecular formula is C37H44N6O9. The number of alkyl carbamates (subject to hydrolysis) is 1. The minimum absolute atomic E-state index is 0.0376. The van der Waals surface area contributed by atoms with Crippen molar-refractivity contribution < 1.29 is 47.7 Å². The fourth-order valence-corrected chi connectivity index (χ4v) is 7.47. The summed E-state index contributed by atoms with van der Waals surface area (Å²) in [5, 5.41) is 6.24. The highest BCUT2D eigenvalue weighted by atomic mass is 16.6. The molecule has 6 rings (SSSR count). The number of amides is 3.